The van der Waals surface area contributed by atoms with Gasteiger partial charge in [-0.3, -0.25) is 0 Å². The molecule has 0 saturated carbocycles. The average Bonchev–Trinajstić information content (AvgIpc) is 3.36. The van der Waals surface area contributed by atoms with Crippen molar-refractivity contribution in [3.05, 3.63) is 146 Å². The number of hydrogen-bond donors (Lipinski definition) is 0. The Morgan fingerprint density at radius 3 is 1.49 bits per heavy atom. The molecule has 222 valence electrons. The fourth-order valence-electron chi connectivity index (χ4n) is 8.01. The van der Waals surface area contributed by atoms with Crippen molar-refractivity contribution < 1.29 is 9.47 Å². The summed E-state index contributed by atoms with van der Waals surface area (Å²) in [5.74, 6) is 3.01. The molecule has 0 spiro atoms. The van der Waals surface area contributed by atoms with E-state index in [1.807, 2.05) is 6.07 Å². The molecule has 2 aliphatic rings. The van der Waals surface area contributed by atoms with Crippen LogP contribution in [0.25, 0.3) is 65.7 Å². The van der Waals surface area contributed by atoms with Gasteiger partial charge in [0.2, 0.25) is 0 Å². The SMILES string of the molecule is C[Si]1(C)c2ccccc2-c2ccc(-c3ccc(-c4ccc5c(c4)Oc4c(c6ccccc6c6ccccc46)O5)c4ccccc34)cc21. The number of ether oxygens (including phenoxy) is 2. The normalized spacial score (nSPS) is 13.8. The van der Waals surface area contributed by atoms with Gasteiger partial charge in [-0.05, 0) is 77.4 Å². The third kappa shape index (κ3) is 3.78. The van der Waals surface area contributed by atoms with Gasteiger partial charge in [0.05, 0.1) is 0 Å². The fourth-order valence-corrected chi connectivity index (χ4v) is 11.1. The fraction of sp³-hybridized carbons (Fsp3) is 0.0455. The standard InChI is InChI=1S/C44H30O2Si/c1-47(2)41-18-10-9-15-35(41)36-21-19-28(26-42(36)47)30-23-22-29(31-11-3-4-12-32(30)31)27-20-24-39-40(25-27)46-44-38-17-8-6-14-34(38)33-13-5-7-16-37(33)43(44)45-39/h3-26H,1-2H3. The second kappa shape index (κ2) is 9.68. The molecule has 10 rings (SSSR count). The first-order valence-corrected chi connectivity index (χ1v) is 19.3. The minimum absolute atomic E-state index is 0.730. The van der Waals surface area contributed by atoms with Crippen molar-refractivity contribution in [3.8, 4) is 56.4 Å². The molecule has 47 heavy (non-hydrogen) atoms. The lowest BCUT2D eigenvalue weighted by atomic mass is 9.91. The van der Waals surface area contributed by atoms with E-state index in [0.717, 1.165) is 50.1 Å². The average molecular weight is 619 g/mol. The van der Waals surface area contributed by atoms with Gasteiger partial charge >= 0.3 is 0 Å². The lowest BCUT2D eigenvalue weighted by Gasteiger charge is -2.24. The van der Waals surface area contributed by atoms with Gasteiger partial charge in [0, 0.05) is 10.8 Å². The molecule has 0 amide bonds. The summed E-state index contributed by atoms with van der Waals surface area (Å²) in [5.41, 5.74) is 7.62. The molecule has 0 saturated heterocycles. The molecule has 0 fully saturated rings. The highest BCUT2D eigenvalue weighted by molar-refractivity contribution is 7.03. The van der Waals surface area contributed by atoms with Crippen molar-refractivity contribution in [1.82, 2.24) is 0 Å². The first-order valence-electron chi connectivity index (χ1n) is 16.3. The molecule has 2 heterocycles. The Morgan fingerprint density at radius 1 is 0.362 bits per heavy atom. The smallest absolute Gasteiger partial charge is 0.178 e. The minimum Gasteiger partial charge on any atom is -0.449 e. The minimum atomic E-state index is -1.77. The first kappa shape index (κ1) is 26.6. The number of fused-ring (bicyclic) bond motifs is 11. The van der Waals surface area contributed by atoms with Gasteiger partial charge in [-0.1, -0.05) is 147 Å². The Hall–Kier alpha value is -5.64. The molecule has 0 unspecified atom stereocenters. The second-order valence-electron chi connectivity index (χ2n) is 13.3. The van der Waals surface area contributed by atoms with E-state index in [-0.39, 0.29) is 0 Å². The van der Waals surface area contributed by atoms with Gasteiger partial charge in [-0.15, -0.1) is 0 Å². The lowest BCUT2D eigenvalue weighted by molar-refractivity contribution is 0.367. The molecular formula is C44H30O2Si. The zero-order valence-corrected chi connectivity index (χ0v) is 27.2. The van der Waals surface area contributed by atoms with Crippen molar-refractivity contribution in [2.45, 2.75) is 13.1 Å². The van der Waals surface area contributed by atoms with Crippen LogP contribution < -0.4 is 19.8 Å². The van der Waals surface area contributed by atoms with Crippen molar-refractivity contribution in [1.29, 1.82) is 0 Å². The molecule has 2 nitrogen and oxygen atoms in total. The van der Waals surface area contributed by atoms with Gasteiger partial charge in [0.1, 0.15) is 8.07 Å². The zero-order chi connectivity index (χ0) is 31.3. The first-order chi connectivity index (χ1) is 23.1. The van der Waals surface area contributed by atoms with Crippen molar-refractivity contribution in [2.24, 2.45) is 0 Å². The lowest BCUT2D eigenvalue weighted by Crippen LogP contribution is -2.49. The van der Waals surface area contributed by atoms with Crippen LogP contribution in [0.15, 0.2) is 146 Å². The summed E-state index contributed by atoms with van der Waals surface area (Å²) < 4.78 is 13.3. The van der Waals surface area contributed by atoms with E-state index in [9.17, 15) is 0 Å². The summed E-state index contributed by atoms with van der Waals surface area (Å²) in [6, 6.07) is 52.6. The molecule has 0 radical (unpaired) electrons. The monoisotopic (exact) mass is 618 g/mol. The topological polar surface area (TPSA) is 18.5 Å². The molecule has 0 bridgehead atoms. The predicted molar refractivity (Wildman–Crippen MR) is 199 cm³/mol. The Morgan fingerprint density at radius 2 is 0.830 bits per heavy atom. The highest BCUT2D eigenvalue weighted by atomic mass is 28.3. The van der Waals surface area contributed by atoms with Gasteiger partial charge < -0.3 is 9.47 Å². The Kier molecular flexibility index (Phi) is 5.47. The van der Waals surface area contributed by atoms with Crippen LogP contribution >= 0.6 is 0 Å². The second-order valence-corrected chi connectivity index (χ2v) is 17.6. The molecule has 0 aromatic heterocycles. The highest BCUT2D eigenvalue weighted by Gasteiger charge is 2.37. The van der Waals surface area contributed by atoms with Crippen LogP contribution in [0.2, 0.25) is 13.1 Å². The maximum absolute atomic E-state index is 6.73. The quantitative estimate of drug-likeness (QED) is 0.142. The van der Waals surface area contributed by atoms with Crippen LogP contribution in [0.4, 0.5) is 0 Å². The van der Waals surface area contributed by atoms with Crippen LogP contribution in [-0.4, -0.2) is 8.07 Å². The molecule has 0 atom stereocenters. The number of rotatable bonds is 2. The molecule has 0 aliphatic carbocycles. The summed E-state index contributed by atoms with van der Waals surface area (Å²) in [6.07, 6.45) is 0. The van der Waals surface area contributed by atoms with E-state index in [4.69, 9.17) is 9.47 Å². The van der Waals surface area contributed by atoms with E-state index < -0.39 is 8.07 Å². The van der Waals surface area contributed by atoms with E-state index >= 15 is 0 Å². The summed E-state index contributed by atoms with van der Waals surface area (Å²) in [7, 11) is -1.77. The van der Waals surface area contributed by atoms with Gasteiger partial charge in [-0.25, -0.2) is 0 Å². The number of benzene rings is 8. The van der Waals surface area contributed by atoms with Gasteiger partial charge in [0.25, 0.3) is 0 Å². The molecule has 8 aromatic rings. The third-order valence-corrected chi connectivity index (χ3v) is 13.9. The molecule has 2 aliphatic heterocycles. The van der Waals surface area contributed by atoms with Crippen molar-refractivity contribution >= 4 is 50.8 Å². The predicted octanol–water partition coefficient (Wildman–Crippen LogP) is 11.2. The van der Waals surface area contributed by atoms with Gasteiger partial charge in [-0.2, -0.15) is 0 Å². The third-order valence-electron chi connectivity index (χ3n) is 10.3. The van der Waals surface area contributed by atoms with Crippen molar-refractivity contribution in [2.75, 3.05) is 0 Å². The molecule has 3 heteroatoms. The molecular weight excluding hydrogens is 589 g/mol. The summed E-state index contributed by atoms with van der Waals surface area (Å²) in [6.45, 7) is 4.96. The van der Waals surface area contributed by atoms with Crippen LogP contribution in [0, 0.1) is 0 Å². The van der Waals surface area contributed by atoms with E-state index in [1.165, 1.54) is 49.0 Å². The molecule has 0 N–H and O–H groups in total. The van der Waals surface area contributed by atoms with E-state index in [1.54, 1.807) is 0 Å². The van der Waals surface area contributed by atoms with Gasteiger partial charge in [0.15, 0.2) is 23.0 Å². The Balaban J connectivity index is 1.09. The maximum Gasteiger partial charge on any atom is 0.178 e. The zero-order valence-electron chi connectivity index (χ0n) is 26.2. The van der Waals surface area contributed by atoms with Crippen LogP contribution in [-0.2, 0) is 0 Å². The summed E-state index contributed by atoms with van der Waals surface area (Å²) >= 11 is 0. The van der Waals surface area contributed by atoms with E-state index in [2.05, 4.69) is 153 Å². The number of hydrogen-bond acceptors (Lipinski definition) is 2. The van der Waals surface area contributed by atoms with Crippen LogP contribution in [0.1, 0.15) is 0 Å². The summed E-state index contributed by atoms with van der Waals surface area (Å²) in [5, 5.41) is 9.96. The maximum atomic E-state index is 6.73. The Labute approximate surface area is 274 Å². The van der Waals surface area contributed by atoms with Crippen LogP contribution in [0.3, 0.4) is 0 Å². The van der Waals surface area contributed by atoms with Crippen LogP contribution in [0.5, 0.6) is 23.0 Å². The Bertz CT molecular complexity index is 2620. The highest BCUT2D eigenvalue weighted by Crippen LogP contribution is 2.53. The largest absolute Gasteiger partial charge is 0.449 e. The van der Waals surface area contributed by atoms with E-state index in [0.29, 0.717) is 0 Å². The molecule has 8 aromatic carbocycles. The van der Waals surface area contributed by atoms with Crippen molar-refractivity contribution in [3.63, 3.8) is 0 Å². The summed E-state index contributed by atoms with van der Waals surface area (Å²) in [4.78, 5) is 0.